The number of rotatable bonds is 4. The summed E-state index contributed by atoms with van der Waals surface area (Å²) in [7, 11) is -3.61. The molecule has 1 aromatic heterocycles. The summed E-state index contributed by atoms with van der Waals surface area (Å²) in [6.45, 7) is 6.02. The van der Waals surface area contributed by atoms with Crippen LogP contribution in [0.15, 0.2) is 35.7 Å². The van der Waals surface area contributed by atoms with Gasteiger partial charge >= 0.3 is 0 Å². The third-order valence-corrected chi connectivity index (χ3v) is 4.57. The van der Waals surface area contributed by atoms with Crippen LogP contribution in [0.25, 0.3) is 0 Å². The van der Waals surface area contributed by atoms with Crippen LogP contribution in [0.5, 0.6) is 5.75 Å². The maximum atomic E-state index is 12.5. The minimum atomic E-state index is -3.61. The van der Waals surface area contributed by atoms with Crippen LogP contribution in [0, 0.1) is 13.8 Å². The molecule has 6 heteroatoms. The third kappa shape index (κ3) is 2.49. The van der Waals surface area contributed by atoms with Crippen LogP contribution < -0.4 is 4.74 Å². The van der Waals surface area contributed by atoms with Crippen molar-refractivity contribution in [1.29, 1.82) is 0 Å². The van der Waals surface area contributed by atoms with Crippen LogP contribution in [0.4, 0.5) is 0 Å². The van der Waals surface area contributed by atoms with Crippen LogP contribution in [0.3, 0.4) is 0 Å². The van der Waals surface area contributed by atoms with Gasteiger partial charge in [-0.2, -0.15) is 0 Å². The monoisotopic (exact) mass is 280 g/mol. The minimum Gasteiger partial charge on any atom is -0.494 e. The zero-order chi connectivity index (χ0) is 14.0. The summed E-state index contributed by atoms with van der Waals surface area (Å²) in [5.74, 6) is 0.590. The Morgan fingerprint density at radius 1 is 1.26 bits per heavy atom. The Hall–Kier alpha value is -1.82. The highest BCUT2D eigenvalue weighted by Crippen LogP contribution is 2.27. The van der Waals surface area contributed by atoms with E-state index >= 15 is 0 Å². The van der Waals surface area contributed by atoms with Gasteiger partial charge in [-0.3, -0.25) is 0 Å². The van der Waals surface area contributed by atoms with Crippen LogP contribution in [0.1, 0.15) is 18.1 Å². The second-order valence-electron chi connectivity index (χ2n) is 4.21. The highest BCUT2D eigenvalue weighted by Gasteiger charge is 2.20. The lowest BCUT2D eigenvalue weighted by Crippen LogP contribution is -2.13. The van der Waals surface area contributed by atoms with E-state index < -0.39 is 10.0 Å². The summed E-state index contributed by atoms with van der Waals surface area (Å²) >= 11 is 0. The van der Waals surface area contributed by atoms with Crippen LogP contribution in [0.2, 0.25) is 0 Å². The first-order valence-corrected chi connectivity index (χ1v) is 7.38. The van der Waals surface area contributed by atoms with Crippen molar-refractivity contribution in [2.45, 2.75) is 25.7 Å². The number of imidazole rings is 1. The Morgan fingerprint density at radius 3 is 2.58 bits per heavy atom. The molecule has 1 aromatic carbocycles. The standard InChI is InChI=1S/C13H16N2O3S/c1-4-18-12-8-13(11(3)7-10(12)2)19(16,17)15-6-5-14-9-15/h5-9H,4H2,1-3H3. The lowest BCUT2D eigenvalue weighted by molar-refractivity contribution is 0.337. The topological polar surface area (TPSA) is 61.2 Å². The predicted octanol–water partition coefficient (Wildman–Crippen LogP) is 2.14. The summed E-state index contributed by atoms with van der Waals surface area (Å²) < 4.78 is 31.5. The van der Waals surface area contributed by atoms with E-state index in [1.165, 1.54) is 18.7 Å². The summed E-state index contributed by atoms with van der Waals surface area (Å²) in [5.41, 5.74) is 1.61. The molecular formula is C13H16N2O3S. The van der Waals surface area contributed by atoms with Gasteiger partial charge in [0.15, 0.2) is 0 Å². The molecule has 0 unspecified atom stereocenters. The molecule has 19 heavy (non-hydrogen) atoms. The number of benzene rings is 1. The molecule has 0 aliphatic rings. The van der Waals surface area contributed by atoms with Gasteiger partial charge in [0, 0.05) is 18.5 Å². The van der Waals surface area contributed by atoms with Crippen molar-refractivity contribution in [3.05, 3.63) is 42.0 Å². The minimum absolute atomic E-state index is 0.236. The van der Waals surface area contributed by atoms with Crippen molar-refractivity contribution < 1.29 is 13.2 Å². The summed E-state index contributed by atoms with van der Waals surface area (Å²) in [6.07, 6.45) is 4.12. The molecule has 2 aromatic rings. The fourth-order valence-corrected chi connectivity index (χ4v) is 3.25. The fourth-order valence-electron chi connectivity index (χ4n) is 1.91. The summed E-state index contributed by atoms with van der Waals surface area (Å²) in [6, 6.07) is 3.39. The SMILES string of the molecule is CCOc1cc(S(=O)(=O)n2ccnc2)c(C)cc1C. The predicted molar refractivity (Wildman–Crippen MR) is 71.9 cm³/mol. The van der Waals surface area contributed by atoms with E-state index in [0.29, 0.717) is 17.9 Å². The maximum Gasteiger partial charge on any atom is 0.269 e. The molecule has 0 fully saturated rings. The molecule has 0 bridgehead atoms. The molecule has 0 radical (unpaired) electrons. The number of hydrogen-bond donors (Lipinski definition) is 0. The van der Waals surface area contributed by atoms with E-state index in [-0.39, 0.29) is 4.90 Å². The Balaban J connectivity index is 2.60. The molecule has 5 nitrogen and oxygen atoms in total. The lowest BCUT2D eigenvalue weighted by atomic mass is 10.1. The van der Waals surface area contributed by atoms with Gasteiger partial charge in [-0.25, -0.2) is 17.4 Å². The van der Waals surface area contributed by atoms with Gasteiger partial charge in [0.2, 0.25) is 0 Å². The van der Waals surface area contributed by atoms with Crippen LogP contribution in [-0.2, 0) is 10.0 Å². The number of nitrogens with zero attached hydrogens (tertiary/aromatic N) is 2. The maximum absolute atomic E-state index is 12.5. The van der Waals surface area contributed by atoms with Crippen molar-refractivity contribution in [2.75, 3.05) is 6.61 Å². The molecule has 0 spiro atoms. The van der Waals surface area contributed by atoms with Gasteiger partial charge in [-0.1, -0.05) is 6.07 Å². The number of ether oxygens (including phenoxy) is 1. The zero-order valence-electron chi connectivity index (χ0n) is 11.1. The average molecular weight is 280 g/mol. The first kappa shape index (κ1) is 13.6. The summed E-state index contributed by atoms with van der Waals surface area (Å²) in [5, 5.41) is 0. The van der Waals surface area contributed by atoms with Gasteiger partial charge in [-0.05, 0) is 31.9 Å². The van der Waals surface area contributed by atoms with E-state index in [1.807, 2.05) is 19.9 Å². The molecule has 0 saturated heterocycles. The van der Waals surface area contributed by atoms with Gasteiger partial charge in [0.1, 0.15) is 12.1 Å². The molecule has 1 heterocycles. The second-order valence-corrected chi connectivity index (χ2v) is 6.03. The number of aromatic nitrogens is 2. The fraction of sp³-hybridized carbons (Fsp3) is 0.308. The molecule has 0 atom stereocenters. The molecule has 102 valence electrons. The number of hydrogen-bond acceptors (Lipinski definition) is 4. The highest BCUT2D eigenvalue weighted by atomic mass is 32.2. The smallest absolute Gasteiger partial charge is 0.269 e. The van der Waals surface area contributed by atoms with Crippen LogP contribution in [-0.4, -0.2) is 24.0 Å². The van der Waals surface area contributed by atoms with E-state index in [1.54, 1.807) is 13.0 Å². The van der Waals surface area contributed by atoms with Gasteiger partial charge in [0.25, 0.3) is 10.0 Å². The quantitative estimate of drug-likeness (QED) is 0.861. The molecular weight excluding hydrogens is 264 g/mol. The Bertz CT molecular complexity index is 676. The van der Waals surface area contributed by atoms with E-state index in [2.05, 4.69) is 4.98 Å². The Labute approximate surface area is 112 Å². The molecule has 0 aliphatic heterocycles. The van der Waals surface area contributed by atoms with Gasteiger partial charge < -0.3 is 4.74 Å². The molecule has 2 rings (SSSR count). The van der Waals surface area contributed by atoms with E-state index in [4.69, 9.17) is 4.74 Å². The normalized spacial score (nSPS) is 11.5. The van der Waals surface area contributed by atoms with Gasteiger partial charge in [0.05, 0.1) is 11.5 Å². The third-order valence-electron chi connectivity index (χ3n) is 2.81. The van der Waals surface area contributed by atoms with Crippen molar-refractivity contribution in [1.82, 2.24) is 8.96 Å². The van der Waals surface area contributed by atoms with E-state index in [0.717, 1.165) is 9.54 Å². The Kier molecular flexibility index (Phi) is 3.61. The molecule has 0 saturated carbocycles. The van der Waals surface area contributed by atoms with Gasteiger partial charge in [-0.15, -0.1) is 0 Å². The van der Waals surface area contributed by atoms with Crippen molar-refractivity contribution in [3.8, 4) is 5.75 Å². The van der Waals surface area contributed by atoms with E-state index in [9.17, 15) is 8.42 Å². The second kappa shape index (κ2) is 5.05. The Morgan fingerprint density at radius 2 is 2.00 bits per heavy atom. The lowest BCUT2D eigenvalue weighted by Gasteiger charge is -2.13. The summed E-state index contributed by atoms with van der Waals surface area (Å²) in [4.78, 5) is 4.01. The average Bonchev–Trinajstić information content (AvgIpc) is 2.86. The molecule has 0 N–H and O–H groups in total. The van der Waals surface area contributed by atoms with Crippen LogP contribution >= 0.6 is 0 Å². The number of aryl methyl sites for hydroxylation is 2. The zero-order valence-corrected chi connectivity index (χ0v) is 11.9. The molecule has 0 amide bonds. The first-order valence-electron chi connectivity index (χ1n) is 5.94. The highest BCUT2D eigenvalue weighted by molar-refractivity contribution is 7.90. The van der Waals surface area contributed by atoms with Crippen molar-refractivity contribution in [2.24, 2.45) is 0 Å². The van der Waals surface area contributed by atoms with Crippen molar-refractivity contribution >= 4 is 10.0 Å². The largest absolute Gasteiger partial charge is 0.494 e. The first-order chi connectivity index (χ1) is 8.96. The van der Waals surface area contributed by atoms with Crippen molar-refractivity contribution in [3.63, 3.8) is 0 Å². The molecule has 0 aliphatic carbocycles.